The molecule has 1 saturated heterocycles. The van der Waals surface area contributed by atoms with Crippen LogP contribution in [-0.2, 0) is 10.0 Å². The van der Waals surface area contributed by atoms with Gasteiger partial charge in [-0.3, -0.25) is 0 Å². The van der Waals surface area contributed by atoms with Gasteiger partial charge in [-0.25, -0.2) is 12.8 Å². The minimum Gasteiger partial charge on any atom is -0.330 e. The van der Waals surface area contributed by atoms with Crippen LogP contribution in [0.2, 0.25) is 0 Å². The van der Waals surface area contributed by atoms with E-state index in [1.54, 1.807) is 0 Å². The molecule has 0 amide bonds. The minimum atomic E-state index is -3.56. The molecule has 18 heavy (non-hydrogen) atoms. The first-order valence-corrected chi connectivity index (χ1v) is 7.44. The van der Waals surface area contributed by atoms with Crippen molar-refractivity contribution in [2.24, 2.45) is 11.7 Å². The summed E-state index contributed by atoms with van der Waals surface area (Å²) in [6, 6.07) is 5.13. The van der Waals surface area contributed by atoms with Crippen LogP contribution in [0, 0.1) is 11.7 Å². The summed E-state index contributed by atoms with van der Waals surface area (Å²) in [5.41, 5.74) is 5.57. The molecule has 1 aromatic rings. The van der Waals surface area contributed by atoms with Crippen LogP contribution in [0.3, 0.4) is 0 Å². The third kappa shape index (κ3) is 2.71. The summed E-state index contributed by atoms with van der Waals surface area (Å²) in [7, 11) is -3.56. The van der Waals surface area contributed by atoms with E-state index >= 15 is 0 Å². The van der Waals surface area contributed by atoms with Crippen LogP contribution >= 0.6 is 0 Å². The van der Waals surface area contributed by atoms with Crippen molar-refractivity contribution in [1.82, 2.24) is 4.31 Å². The summed E-state index contributed by atoms with van der Waals surface area (Å²) in [5.74, 6) is -0.142. The van der Waals surface area contributed by atoms with Crippen LogP contribution in [0.1, 0.15) is 12.8 Å². The summed E-state index contributed by atoms with van der Waals surface area (Å²) in [6.45, 7) is 1.51. The number of hydrogen-bond acceptors (Lipinski definition) is 3. The lowest BCUT2D eigenvalue weighted by molar-refractivity contribution is 0.278. The van der Waals surface area contributed by atoms with Gasteiger partial charge < -0.3 is 5.73 Å². The first-order chi connectivity index (χ1) is 8.54. The van der Waals surface area contributed by atoms with Crippen molar-refractivity contribution < 1.29 is 12.8 Å². The van der Waals surface area contributed by atoms with Crippen molar-refractivity contribution in [2.75, 3.05) is 19.6 Å². The molecular weight excluding hydrogens is 255 g/mol. The highest BCUT2D eigenvalue weighted by Crippen LogP contribution is 2.23. The first kappa shape index (κ1) is 13.5. The van der Waals surface area contributed by atoms with E-state index in [9.17, 15) is 12.8 Å². The number of nitrogens with zero attached hydrogens (tertiary/aromatic N) is 1. The summed E-state index contributed by atoms with van der Waals surface area (Å²) >= 11 is 0. The average molecular weight is 272 g/mol. The Kier molecular flexibility index (Phi) is 3.99. The second kappa shape index (κ2) is 5.34. The van der Waals surface area contributed by atoms with E-state index in [1.807, 2.05) is 0 Å². The highest BCUT2D eigenvalue weighted by molar-refractivity contribution is 7.89. The van der Waals surface area contributed by atoms with Crippen molar-refractivity contribution in [1.29, 1.82) is 0 Å². The fourth-order valence-corrected chi connectivity index (χ4v) is 3.66. The zero-order chi connectivity index (χ0) is 13.2. The smallest absolute Gasteiger partial charge is 0.243 e. The van der Waals surface area contributed by atoms with Gasteiger partial charge in [-0.05, 0) is 43.5 Å². The molecule has 0 atom stereocenters. The number of hydrogen-bond donors (Lipinski definition) is 1. The second-order valence-corrected chi connectivity index (χ2v) is 6.48. The molecule has 100 valence electrons. The van der Waals surface area contributed by atoms with E-state index in [0.717, 1.165) is 18.9 Å². The van der Waals surface area contributed by atoms with Gasteiger partial charge in [-0.15, -0.1) is 0 Å². The summed E-state index contributed by atoms with van der Waals surface area (Å²) in [4.78, 5) is 0.0219. The lowest BCUT2D eigenvalue weighted by Crippen LogP contribution is -2.40. The van der Waals surface area contributed by atoms with Crippen LogP contribution in [0.4, 0.5) is 4.39 Å². The maximum atomic E-state index is 13.1. The summed E-state index contributed by atoms with van der Waals surface area (Å²) in [6.07, 6.45) is 1.54. The molecule has 0 saturated carbocycles. The van der Waals surface area contributed by atoms with Gasteiger partial charge in [0.05, 0.1) is 4.90 Å². The maximum absolute atomic E-state index is 13.1. The number of nitrogens with two attached hydrogens (primary N) is 1. The number of halogens is 1. The number of sulfonamides is 1. The standard InChI is InChI=1S/C12H17FN2O2S/c13-11-2-1-3-12(8-11)18(16,17)15-6-4-10(9-14)5-7-15/h1-3,8,10H,4-7,9,14H2. The van der Waals surface area contributed by atoms with Crippen molar-refractivity contribution in [3.05, 3.63) is 30.1 Å². The highest BCUT2D eigenvalue weighted by Gasteiger charge is 2.28. The van der Waals surface area contributed by atoms with Gasteiger partial charge >= 0.3 is 0 Å². The molecule has 1 aliphatic rings. The molecule has 1 heterocycles. The van der Waals surface area contributed by atoms with E-state index < -0.39 is 15.8 Å². The molecule has 0 radical (unpaired) electrons. The predicted molar refractivity (Wildman–Crippen MR) is 66.9 cm³/mol. The van der Waals surface area contributed by atoms with E-state index in [4.69, 9.17) is 5.73 Å². The third-order valence-corrected chi connectivity index (χ3v) is 5.24. The summed E-state index contributed by atoms with van der Waals surface area (Å²) in [5, 5.41) is 0. The zero-order valence-electron chi connectivity index (χ0n) is 10.0. The molecule has 1 aliphatic heterocycles. The van der Waals surface area contributed by atoms with E-state index in [1.165, 1.54) is 22.5 Å². The Morgan fingerprint density at radius 1 is 1.33 bits per heavy atom. The molecule has 0 unspecified atom stereocenters. The Morgan fingerprint density at radius 2 is 2.00 bits per heavy atom. The van der Waals surface area contributed by atoms with E-state index in [-0.39, 0.29) is 4.90 Å². The Hall–Kier alpha value is -0.980. The van der Waals surface area contributed by atoms with Crippen LogP contribution in [0.15, 0.2) is 29.2 Å². The van der Waals surface area contributed by atoms with Crippen molar-refractivity contribution in [3.8, 4) is 0 Å². The van der Waals surface area contributed by atoms with Gasteiger partial charge in [0.15, 0.2) is 0 Å². The molecule has 2 rings (SSSR count). The molecule has 1 aromatic carbocycles. The molecular formula is C12H17FN2O2S. The largest absolute Gasteiger partial charge is 0.330 e. The molecule has 0 aliphatic carbocycles. The molecule has 0 bridgehead atoms. The van der Waals surface area contributed by atoms with Crippen LogP contribution in [0.5, 0.6) is 0 Å². The third-order valence-electron chi connectivity index (χ3n) is 3.34. The molecule has 0 spiro atoms. The van der Waals surface area contributed by atoms with Crippen molar-refractivity contribution in [3.63, 3.8) is 0 Å². The highest BCUT2D eigenvalue weighted by atomic mass is 32.2. The maximum Gasteiger partial charge on any atom is 0.243 e. The fourth-order valence-electron chi connectivity index (χ4n) is 2.16. The van der Waals surface area contributed by atoms with E-state index in [0.29, 0.717) is 25.6 Å². The van der Waals surface area contributed by atoms with Crippen molar-refractivity contribution in [2.45, 2.75) is 17.7 Å². The van der Waals surface area contributed by atoms with Crippen molar-refractivity contribution >= 4 is 10.0 Å². The number of rotatable bonds is 3. The Bertz CT molecular complexity index is 511. The van der Waals surface area contributed by atoms with Crippen LogP contribution in [0.25, 0.3) is 0 Å². The monoisotopic (exact) mass is 272 g/mol. The number of piperidine rings is 1. The van der Waals surface area contributed by atoms with Gasteiger partial charge in [0.2, 0.25) is 10.0 Å². The Labute approximate surface area is 107 Å². The Morgan fingerprint density at radius 3 is 2.56 bits per heavy atom. The zero-order valence-corrected chi connectivity index (χ0v) is 10.9. The van der Waals surface area contributed by atoms with Gasteiger partial charge in [0, 0.05) is 13.1 Å². The minimum absolute atomic E-state index is 0.0219. The van der Waals surface area contributed by atoms with Gasteiger partial charge in [-0.2, -0.15) is 4.31 Å². The van der Waals surface area contributed by atoms with E-state index in [2.05, 4.69) is 0 Å². The number of benzene rings is 1. The second-order valence-electron chi connectivity index (χ2n) is 4.54. The predicted octanol–water partition coefficient (Wildman–Crippen LogP) is 1.19. The quantitative estimate of drug-likeness (QED) is 0.899. The molecule has 1 fully saturated rings. The first-order valence-electron chi connectivity index (χ1n) is 6.00. The normalized spacial score (nSPS) is 19.0. The molecule has 2 N–H and O–H groups in total. The van der Waals surface area contributed by atoms with Gasteiger partial charge in [0.25, 0.3) is 0 Å². The lowest BCUT2D eigenvalue weighted by atomic mass is 9.99. The Balaban J connectivity index is 2.17. The van der Waals surface area contributed by atoms with Crippen LogP contribution in [-0.4, -0.2) is 32.4 Å². The SMILES string of the molecule is NCC1CCN(S(=O)(=O)c2cccc(F)c2)CC1. The lowest BCUT2D eigenvalue weighted by Gasteiger charge is -2.30. The summed E-state index contributed by atoms with van der Waals surface area (Å²) < 4.78 is 39.0. The average Bonchev–Trinajstić information content (AvgIpc) is 2.39. The van der Waals surface area contributed by atoms with Crippen LogP contribution < -0.4 is 5.73 Å². The molecule has 6 heteroatoms. The fraction of sp³-hybridized carbons (Fsp3) is 0.500. The molecule has 4 nitrogen and oxygen atoms in total. The van der Waals surface area contributed by atoms with Gasteiger partial charge in [-0.1, -0.05) is 6.07 Å². The van der Waals surface area contributed by atoms with Gasteiger partial charge in [0.1, 0.15) is 5.82 Å². The molecule has 0 aromatic heterocycles. The topological polar surface area (TPSA) is 63.4 Å².